The Kier molecular flexibility index (Phi) is 2.76. The van der Waals surface area contributed by atoms with Gasteiger partial charge in [-0.25, -0.2) is 0 Å². The summed E-state index contributed by atoms with van der Waals surface area (Å²) in [6.07, 6.45) is -0.665. The van der Waals surface area contributed by atoms with Gasteiger partial charge in [0.15, 0.2) is 0 Å². The molecule has 1 N–H and O–H groups in total. The number of hydrogen-bond donors (Lipinski definition) is 1. The van der Waals surface area contributed by atoms with Gasteiger partial charge in [-0.1, -0.05) is 60.7 Å². The first-order valence-corrected chi connectivity index (χ1v) is 6.98. The first-order valence-electron chi connectivity index (χ1n) is 6.98. The van der Waals surface area contributed by atoms with Crippen molar-refractivity contribution in [2.75, 3.05) is 0 Å². The Hall–Kier alpha value is -2.58. The van der Waals surface area contributed by atoms with E-state index in [4.69, 9.17) is 4.74 Å². The average Bonchev–Trinajstić information content (AvgIpc) is 2.55. The van der Waals surface area contributed by atoms with Crippen LogP contribution in [0.1, 0.15) is 17.2 Å². The van der Waals surface area contributed by atoms with Crippen molar-refractivity contribution < 1.29 is 9.84 Å². The highest BCUT2D eigenvalue weighted by Gasteiger charge is 2.27. The molecule has 1 aliphatic rings. The first-order chi connectivity index (χ1) is 10.3. The lowest BCUT2D eigenvalue weighted by molar-refractivity contribution is 0.203. The summed E-state index contributed by atoms with van der Waals surface area (Å²) >= 11 is 0. The molecular weight excluding hydrogens is 260 g/mol. The number of rotatable bonds is 1. The van der Waals surface area contributed by atoms with Crippen LogP contribution in [0.5, 0.6) is 11.5 Å². The zero-order valence-corrected chi connectivity index (χ0v) is 11.4. The molecule has 1 heterocycles. The number of aliphatic hydroxyl groups is 1. The number of ether oxygens (including phenoxy) is 1. The highest BCUT2D eigenvalue weighted by atomic mass is 16.5. The topological polar surface area (TPSA) is 29.5 Å². The molecule has 0 bridgehead atoms. The lowest BCUT2D eigenvalue weighted by atomic mass is 9.90. The minimum atomic E-state index is -0.665. The van der Waals surface area contributed by atoms with Gasteiger partial charge in [0.25, 0.3) is 0 Å². The lowest BCUT2D eigenvalue weighted by Crippen LogP contribution is -2.10. The van der Waals surface area contributed by atoms with Crippen LogP contribution in [0.25, 0.3) is 11.1 Å². The zero-order chi connectivity index (χ0) is 14.2. The maximum absolute atomic E-state index is 10.8. The van der Waals surface area contributed by atoms with Crippen molar-refractivity contribution in [2.45, 2.75) is 6.10 Å². The second-order valence-corrected chi connectivity index (χ2v) is 5.13. The third-order valence-corrected chi connectivity index (χ3v) is 3.86. The Balaban J connectivity index is 1.93. The second kappa shape index (κ2) is 4.76. The smallest absolute Gasteiger partial charge is 0.134 e. The summed E-state index contributed by atoms with van der Waals surface area (Å²) in [7, 11) is 0. The minimum absolute atomic E-state index is 0.665. The monoisotopic (exact) mass is 274 g/mol. The highest BCUT2D eigenvalue weighted by molar-refractivity contribution is 5.73. The lowest BCUT2D eigenvalue weighted by Gasteiger charge is -2.27. The van der Waals surface area contributed by atoms with E-state index in [2.05, 4.69) is 0 Å². The predicted molar refractivity (Wildman–Crippen MR) is 82.5 cm³/mol. The van der Waals surface area contributed by atoms with E-state index in [1.807, 2.05) is 72.8 Å². The number of hydrogen-bond acceptors (Lipinski definition) is 2. The molecule has 1 atom stereocenters. The fraction of sp³-hybridized carbons (Fsp3) is 0.0526. The molecule has 0 aromatic heterocycles. The standard InChI is InChI=1S/C19H14O2/c20-19-15-9-4-5-11-16(15)21-17-12-6-10-14(18(17)19)13-7-2-1-3-8-13/h1-12,19-20H. The maximum atomic E-state index is 10.8. The fourth-order valence-electron chi connectivity index (χ4n) is 2.86. The SMILES string of the molecule is OC1c2ccccc2Oc2cccc(-c3ccccc3)c21. The zero-order valence-electron chi connectivity index (χ0n) is 11.4. The van der Waals surface area contributed by atoms with E-state index in [0.29, 0.717) is 0 Å². The predicted octanol–water partition coefficient (Wildman–Crippen LogP) is 4.54. The van der Waals surface area contributed by atoms with Crippen molar-refractivity contribution >= 4 is 0 Å². The van der Waals surface area contributed by atoms with Crippen LogP contribution >= 0.6 is 0 Å². The molecule has 2 heteroatoms. The maximum Gasteiger partial charge on any atom is 0.134 e. The summed E-state index contributed by atoms with van der Waals surface area (Å²) in [5.41, 5.74) is 3.74. The van der Waals surface area contributed by atoms with Crippen molar-refractivity contribution in [2.24, 2.45) is 0 Å². The Morgan fingerprint density at radius 3 is 2.29 bits per heavy atom. The number of aliphatic hydroxyl groups excluding tert-OH is 1. The summed E-state index contributed by atoms with van der Waals surface area (Å²) in [5, 5.41) is 10.8. The molecule has 21 heavy (non-hydrogen) atoms. The van der Waals surface area contributed by atoms with Gasteiger partial charge in [0, 0.05) is 11.1 Å². The van der Waals surface area contributed by atoms with Crippen LogP contribution in [0, 0.1) is 0 Å². The summed E-state index contributed by atoms with van der Waals surface area (Å²) in [5.74, 6) is 1.45. The molecule has 3 aromatic carbocycles. The molecule has 0 aliphatic carbocycles. The largest absolute Gasteiger partial charge is 0.457 e. The van der Waals surface area contributed by atoms with Gasteiger partial charge in [-0.2, -0.15) is 0 Å². The Morgan fingerprint density at radius 2 is 1.43 bits per heavy atom. The molecule has 1 aliphatic heterocycles. The first kappa shape index (κ1) is 12.2. The van der Waals surface area contributed by atoms with Gasteiger partial charge in [0.2, 0.25) is 0 Å². The molecule has 0 saturated heterocycles. The van der Waals surface area contributed by atoms with E-state index in [1.165, 1.54) is 0 Å². The summed E-state index contributed by atoms with van der Waals surface area (Å²) in [4.78, 5) is 0. The molecule has 2 nitrogen and oxygen atoms in total. The normalized spacial score (nSPS) is 15.8. The van der Waals surface area contributed by atoms with Crippen molar-refractivity contribution in [3.63, 3.8) is 0 Å². The quantitative estimate of drug-likeness (QED) is 0.706. The van der Waals surface area contributed by atoms with Gasteiger partial charge in [0.1, 0.15) is 17.6 Å². The number of para-hydroxylation sites is 1. The van der Waals surface area contributed by atoms with Gasteiger partial charge < -0.3 is 9.84 Å². The van der Waals surface area contributed by atoms with Crippen molar-refractivity contribution in [3.05, 3.63) is 83.9 Å². The minimum Gasteiger partial charge on any atom is -0.457 e. The van der Waals surface area contributed by atoms with Crippen LogP contribution in [0.2, 0.25) is 0 Å². The van der Waals surface area contributed by atoms with E-state index in [1.54, 1.807) is 0 Å². The van der Waals surface area contributed by atoms with Gasteiger partial charge >= 0.3 is 0 Å². The van der Waals surface area contributed by atoms with Crippen LogP contribution < -0.4 is 4.74 Å². The molecule has 0 fully saturated rings. The van der Waals surface area contributed by atoms with Gasteiger partial charge in [0.05, 0.1) is 0 Å². The molecule has 4 rings (SSSR count). The Morgan fingerprint density at radius 1 is 0.714 bits per heavy atom. The third kappa shape index (κ3) is 1.92. The molecule has 0 spiro atoms. The Labute approximate surface area is 123 Å². The second-order valence-electron chi connectivity index (χ2n) is 5.13. The van der Waals surface area contributed by atoms with Crippen LogP contribution in [0.4, 0.5) is 0 Å². The molecule has 0 amide bonds. The van der Waals surface area contributed by atoms with E-state index < -0.39 is 6.10 Å². The van der Waals surface area contributed by atoms with Gasteiger partial charge in [-0.15, -0.1) is 0 Å². The third-order valence-electron chi connectivity index (χ3n) is 3.86. The fourth-order valence-corrected chi connectivity index (χ4v) is 2.86. The highest BCUT2D eigenvalue weighted by Crippen LogP contribution is 2.46. The van der Waals surface area contributed by atoms with Crippen LogP contribution in [0.15, 0.2) is 72.8 Å². The summed E-state index contributed by atoms with van der Waals surface area (Å²) in [6, 6.07) is 23.6. The van der Waals surface area contributed by atoms with Gasteiger partial charge in [-0.3, -0.25) is 0 Å². The van der Waals surface area contributed by atoms with Gasteiger partial charge in [-0.05, 0) is 23.3 Å². The molecular formula is C19H14O2. The van der Waals surface area contributed by atoms with E-state index >= 15 is 0 Å². The van der Waals surface area contributed by atoms with E-state index in [9.17, 15) is 5.11 Å². The van der Waals surface area contributed by atoms with Crippen LogP contribution in [0.3, 0.4) is 0 Å². The molecule has 0 radical (unpaired) electrons. The van der Waals surface area contributed by atoms with Crippen LogP contribution in [-0.4, -0.2) is 5.11 Å². The number of fused-ring (bicyclic) bond motifs is 2. The van der Waals surface area contributed by atoms with Crippen molar-refractivity contribution in [3.8, 4) is 22.6 Å². The summed E-state index contributed by atoms with van der Waals surface area (Å²) in [6.45, 7) is 0. The van der Waals surface area contributed by atoms with Crippen molar-refractivity contribution in [1.82, 2.24) is 0 Å². The van der Waals surface area contributed by atoms with Crippen LogP contribution in [-0.2, 0) is 0 Å². The number of benzene rings is 3. The Bertz CT molecular complexity index is 794. The van der Waals surface area contributed by atoms with Crippen molar-refractivity contribution in [1.29, 1.82) is 0 Å². The molecule has 3 aromatic rings. The molecule has 102 valence electrons. The molecule has 1 unspecified atom stereocenters. The average molecular weight is 274 g/mol. The summed E-state index contributed by atoms with van der Waals surface area (Å²) < 4.78 is 5.95. The van der Waals surface area contributed by atoms with E-state index in [0.717, 1.165) is 33.8 Å². The molecule has 0 saturated carbocycles. The van der Waals surface area contributed by atoms with E-state index in [-0.39, 0.29) is 0 Å².